The monoisotopic (exact) mass is 253 g/mol. The van der Waals surface area contributed by atoms with Crippen molar-refractivity contribution in [3.63, 3.8) is 0 Å². The zero-order chi connectivity index (χ0) is 13.3. The fraction of sp³-hybridized carbons (Fsp3) is 0.615. The second-order valence-corrected chi connectivity index (χ2v) is 4.77. The van der Waals surface area contributed by atoms with Gasteiger partial charge in [-0.3, -0.25) is 4.79 Å². The maximum Gasteiger partial charge on any atom is 0.257 e. The second-order valence-electron chi connectivity index (χ2n) is 4.77. The van der Waals surface area contributed by atoms with Crippen molar-refractivity contribution in [1.29, 1.82) is 0 Å². The minimum atomic E-state index is -0.293. The van der Waals surface area contributed by atoms with Crippen molar-refractivity contribution in [2.24, 2.45) is 0 Å². The van der Waals surface area contributed by atoms with E-state index in [4.69, 9.17) is 14.3 Å². The SMILES string of the molecule is Cc1cc(C(=O)N2CC(CO)OCC2C)c(C)o1. The number of morpholine rings is 1. The first-order chi connectivity index (χ1) is 8.52. The molecule has 0 aliphatic carbocycles. The number of furan rings is 1. The van der Waals surface area contributed by atoms with Gasteiger partial charge in [-0.05, 0) is 26.8 Å². The second kappa shape index (κ2) is 5.12. The van der Waals surface area contributed by atoms with Gasteiger partial charge in [0, 0.05) is 6.54 Å². The van der Waals surface area contributed by atoms with Gasteiger partial charge in [0.05, 0.1) is 30.9 Å². The van der Waals surface area contributed by atoms with E-state index in [9.17, 15) is 4.79 Å². The summed E-state index contributed by atoms with van der Waals surface area (Å²) in [6.07, 6.45) is -0.293. The zero-order valence-corrected chi connectivity index (χ0v) is 11.0. The summed E-state index contributed by atoms with van der Waals surface area (Å²) >= 11 is 0. The van der Waals surface area contributed by atoms with Crippen molar-refractivity contribution < 1.29 is 19.1 Å². The molecule has 100 valence electrons. The van der Waals surface area contributed by atoms with E-state index in [0.29, 0.717) is 24.5 Å². The minimum Gasteiger partial charge on any atom is -0.466 e. The number of aryl methyl sites for hydroxylation is 2. The largest absolute Gasteiger partial charge is 0.466 e. The number of aliphatic hydroxyl groups is 1. The van der Waals surface area contributed by atoms with Crippen LogP contribution in [0.15, 0.2) is 10.5 Å². The van der Waals surface area contributed by atoms with Crippen molar-refractivity contribution in [2.75, 3.05) is 19.8 Å². The van der Waals surface area contributed by atoms with Crippen LogP contribution in [0.4, 0.5) is 0 Å². The van der Waals surface area contributed by atoms with Gasteiger partial charge in [-0.15, -0.1) is 0 Å². The minimum absolute atomic E-state index is 0.00917. The van der Waals surface area contributed by atoms with Crippen LogP contribution in [0.1, 0.15) is 28.8 Å². The lowest BCUT2D eigenvalue weighted by atomic mass is 10.1. The summed E-state index contributed by atoms with van der Waals surface area (Å²) in [6.45, 7) is 6.35. The summed E-state index contributed by atoms with van der Waals surface area (Å²) in [7, 11) is 0. The third kappa shape index (κ3) is 2.42. The van der Waals surface area contributed by atoms with Gasteiger partial charge in [-0.25, -0.2) is 0 Å². The normalized spacial score (nSPS) is 24.3. The molecule has 1 aromatic heterocycles. The van der Waals surface area contributed by atoms with E-state index < -0.39 is 0 Å². The molecule has 1 N–H and O–H groups in total. The van der Waals surface area contributed by atoms with E-state index >= 15 is 0 Å². The van der Waals surface area contributed by atoms with Gasteiger partial charge in [-0.1, -0.05) is 0 Å². The Hall–Kier alpha value is -1.33. The van der Waals surface area contributed by atoms with Crippen LogP contribution in [0.5, 0.6) is 0 Å². The predicted octanol–water partition coefficient (Wildman–Crippen LogP) is 1.12. The zero-order valence-electron chi connectivity index (χ0n) is 11.0. The fourth-order valence-electron chi connectivity index (χ4n) is 2.21. The molecule has 1 aliphatic rings. The highest BCUT2D eigenvalue weighted by Crippen LogP contribution is 2.20. The average molecular weight is 253 g/mol. The van der Waals surface area contributed by atoms with Crippen molar-refractivity contribution in [2.45, 2.75) is 32.9 Å². The molecule has 1 fully saturated rings. The Labute approximate surface area is 106 Å². The van der Waals surface area contributed by atoms with Crippen LogP contribution in [0.3, 0.4) is 0 Å². The molecule has 0 radical (unpaired) electrons. The summed E-state index contributed by atoms with van der Waals surface area (Å²) in [5.74, 6) is 1.31. The number of amides is 1. The van der Waals surface area contributed by atoms with E-state index in [0.717, 1.165) is 5.76 Å². The molecular weight excluding hydrogens is 234 g/mol. The van der Waals surface area contributed by atoms with Crippen LogP contribution in [-0.2, 0) is 4.74 Å². The van der Waals surface area contributed by atoms with Crippen molar-refractivity contribution in [3.8, 4) is 0 Å². The molecule has 0 bridgehead atoms. The Bertz CT molecular complexity index is 440. The number of ether oxygens (including phenoxy) is 1. The molecule has 1 amide bonds. The van der Waals surface area contributed by atoms with Gasteiger partial charge in [-0.2, -0.15) is 0 Å². The summed E-state index contributed by atoms with van der Waals surface area (Å²) in [6, 6.07) is 1.77. The lowest BCUT2D eigenvalue weighted by Crippen LogP contribution is -2.52. The summed E-state index contributed by atoms with van der Waals surface area (Å²) in [5, 5.41) is 9.12. The number of carbonyl (C=O) groups excluding carboxylic acids is 1. The Balaban J connectivity index is 2.19. The number of rotatable bonds is 2. The molecule has 18 heavy (non-hydrogen) atoms. The van der Waals surface area contributed by atoms with Crippen LogP contribution in [0, 0.1) is 13.8 Å². The highest BCUT2D eigenvalue weighted by atomic mass is 16.5. The molecule has 1 aromatic rings. The molecule has 2 heterocycles. The molecule has 2 atom stereocenters. The van der Waals surface area contributed by atoms with E-state index in [1.54, 1.807) is 17.9 Å². The first kappa shape index (κ1) is 13.1. The predicted molar refractivity (Wildman–Crippen MR) is 65.5 cm³/mol. The van der Waals surface area contributed by atoms with Gasteiger partial charge in [0.15, 0.2) is 0 Å². The van der Waals surface area contributed by atoms with E-state index in [-0.39, 0.29) is 24.7 Å². The average Bonchev–Trinajstić information content (AvgIpc) is 2.68. The summed E-state index contributed by atoms with van der Waals surface area (Å²) < 4.78 is 10.8. The smallest absolute Gasteiger partial charge is 0.257 e. The first-order valence-corrected chi connectivity index (χ1v) is 6.13. The molecule has 0 aromatic carbocycles. The van der Waals surface area contributed by atoms with Gasteiger partial charge in [0.2, 0.25) is 0 Å². The molecule has 5 nitrogen and oxygen atoms in total. The van der Waals surface area contributed by atoms with Gasteiger partial charge < -0.3 is 19.2 Å². The summed E-state index contributed by atoms with van der Waals surface area (Å²) in [4.78, 5) is 14.2. The number of nitrogens with zero attached hydrogens (tertiary/aromatic N) is 1. The number of aliphatic hydroxyl groups excluding tert-OH is 1. The maximum atomic E-state index is 12.4. The highest BCUT2D eigenvalue weighted by Gasteiger charge is 2.31. The van der Waals surface area contributed by atoms with Crippen LogP contribution in [-0.4, -0.2) is 47.8 Å². The molecule has 0 spiro atoms. The lowest BCUT2D eigenvalue weighted by Gasteiger charge is -2.37. The van der Waals surface area contributed by atoms with E-state index in [1.165, 1.54) is 0 Å². The third-order valence-corrected chi connectivity index (χ3v) is 3.24. The molecule has 1 saturated heterocycles. The van der Waals surface area contributed by atoms with Crippen molar-refractivity contribution in [1.82, 2.24) is 4.90 Å². The van der Waals surface area contributed by atoms with Crippen LogP contribution >= 0.6 is 0 Å². The Kier molecular flexibility index (Phi) is 3.73. The van der Waals surface area contributed by atoms with Crippen molar-refractivity contribution in [3.05, 3.63) is 23.2 Å². The van der Waals surface area contributed by atoms with Gasteiger partial charge >= 0.3 is 0 Å². The third-order valence-electron chi connectivity index (χ3n) is 3.24. The van der Waals surface area contributed by atoms with Crippen molar-refractivity contribution >= 4 is 5.91 Å². The molecule has 2 unspecified atom stereocenters. The first-order valence-electron chi connectivity index (χ1n) is 6.13. The molecule has 0 saturated carbocycles. The molecular formula is C13H19NO4. The highest BCUT2D eigenvalue weighted by molar-refractivity contribution is 5.95. The van der Waals surface area contributed by atoms with Crippen LogP contribution < -0.4 is 0 Å². The topological polar surface area (TPSA) is 62.9 Å². The fourth-order valence-corrected chi connectivity index (χ4v) is 2.21. The standard InChI is InChI=1S/C13H19NO4/c1-8-7-17-11(6-15)5-14(8)13(16)12-4-9(2)18-10(12)3/h4,8,11,15H,5-7H2,1-3H3. The van der Waals surface area contributed by atoms with Crippen LogP contribution in [0.25, 0.3) is 0 Å². The Morgan fingerprint density at radius 1 is 1.56 bits per heavy atom. The Morgan fingerprint density at radius 3 is 2.83 bits per heavy atom. The maximum absolute atomic E-state index is 12.4. The number of hydrogen-bond donors (Lipinski definition) is 1. The lowest BCUT2D eigenvalue weighted by molar-refractivity contribution is -0.0667. The molecule has 2 rings (SSSR count). The van der Waals surface area contributed by atoms with Crippen LogP contribution in [0.2, 0.25) is 0 Å². The quantitative estimate of drug-likeness (QED) is 0.858. The number of carbonyl (C=O) groups is 1. The number of hydrogen-bond acceptors (Lipinski definition) is 4. The van der Waals surface area contributed by atoms with E-state index in [1.807, 2.05) is 13.8 Å². The van der Waals surface area contributed by atoms with E-state index in [2.05, 4.69) is 0 Å². The molecule has 5 heteroatoms. The van der Waals surface area contributed by atoms with Gasteiger partial charge in [0.1, 0.15) is 11.5 Å². The van der Waals surface area contributed by atoms with Gasteiger partial charge in [0.25, 0.3) is 5.91 Å². The summed E-state index contributed by atoms with van der Waals surface area (Å²) in [5.41, 5.74) is 0.595. The molecule has 1 aliphatic heterocycles. The Morgan fingerprint density at radius 2 is 2.28 bits per heavy atom.